The van der Waals surface area contributed by atoms with E-state index in [0.717, 1.165) is 35.3 Å². The lowest BCUT2D eigenvalue weighted by Gasteiger charge is -1.94. The summed E-state index contributed by atoms with van der Waals surface area (Å²) in [6, 6.07) is 3.98. The fourth-order valence-corrected chi connectivity index (χ4v) is 1.97. The van der Waals surface area contributed by atoms with Crippen molar-refractivity contribution in [3.05, 3.63) is 28.5 Å². The highest BCUT2D eigenvalue weighted by atomic mass is 35.5. The molecule has 15 heavy (non-hydrogen) atoms. The molecule has 0 radical (unpaired) electrons. The molecule has 4 heteroatoms. The van der Waals surface area contributed by atoms with Gasteiger partial charge in [0, 0.05) is 6.42 Å². The Kier molecular flexibility index (Phi) is 2.93. The van der Waals surface area contributed by atoms with E-state index in [0.29, 0.717) is 11.6 Å². The molecule has 2 aromatic rings. The zero-order valence-electron chi connectivity index (χ0n) is 8.68. The van der Waals surface area contributed by atoms with Crippen LogP contribution in [0.15, 0.2) is 12.1 Å². The van der Waals surface area contributed by atoms with E-state index in [1.54, 1.807) is 0 Å². The van der Waals surface area contributed by atoms with Crippen LogP contribution in [-0.2, 0) is 6.42 Å². The van der Waals surface area contributed by atoms with Gasteiger partial charge in [0.15, 0.2) is 0 Å². The van der Waals surface area contributed by atoms with Crippen molar-refractivity contribution in [2.45, 2.75) is 19.8 Å². The Balaban J connectivity index is 2.41. The summed E-state index contributed by atoms with van der Waals surface area (Å²) in [5, 5.41) is 0.709. The smallest absolute Gasteiger partial charge is 0.107 e. The van der Waals surface area contributed by atoms with Gasteiger partial charge in [-0.1, -0.05) is 11.6 Å². The first kappa shape index (κ1) is 10.5. The predicted octanol–water partition coefficient (Wildman–Crippen LogP) is 2.42. The molecule has 3 nitrogen and oxygen atoms in total. The van der Waals surface area contributed by atoms with Gasteiger partial charge >= 0.3 is 0 Å². The minimum atomic E-state index is 0.684. The summed E-state index contributed by atoms with van der Waals surface area (Å²) in [5.41, 5.74) is 8.46. The number of nitrogens with zero attached hydrogens (tertiary/aromatic N) is 1. The summed E-state index contributed by atoms with van der Waals surface area (Å²) in [6.45, 7) is 2.70. The van der Waals surface area contributed by atoms with Crippen LogP contribution in [0.25, 0.3) is 11.0 Å². The van der Waals surface area contributed by atoms with Gasteiger partial charge in [-0.3, -0.25) is 0 Å². The van der Waals surface area contributed by atoms with Crippen LogP contribution in [0.5, 0.6) is 0 Å². The largest absolute Gasteiger partial charge is 0.342 e. The highest BCUT2D eigenvalue weighted by Crippen LogP contribution is 2.23. The van der Waals surface area contributed by atoms with Crippen LogP contribution in [0.1, 0.15) is 17.8 Å². The quantitative estimate of drug-likeness (QED) is 0.840. The number of nitrogens with two attached hydrogens (primary N) is 1. The second-order valence-electron chi connectivity index (χ2n) is 3.72. The van der Waals surface area contributed by atoms with Gasteiger partial charge in [0.2, 0.25) is 0 Å². The molecular formula is C11H14ClN3. The van der Waals surface area contributed by atoms with Gasteiger partial charge in [0.25, 0.3) is 0 Å². The van der Waals surface area contributed by atoms with Crippen LogP contribution >= 0.6 is 11.6 Å². The Morgan fingerprint density at radius 3 is 3.00 bits per heavy atom. The molecule has 0 amide bonds. The number of H-pyrrole nitrogens is 1. The van der Waals surface area contributed by atoms with Crippen LogP contribution in [0.3, 0.4) is 0 Å². The SMILES string of the molecule is Cc1cc(Cl)c2nc(CCCN)[nH]c2c1. The molecule has 0 saturated heterocycles. The minimum absolute atomic E-state index is 0.684. The number of imidazole rings is 1. The Morgan fingerprint density at radius 2 is 2.27 bits per heavy atom. The van der Waals surface area contributed by atoms with E-state index in [1.807, 2.05) is 13.0 Å². The molecule has 2 rings (SSSR count). The molecule has 0 atom stereocenters. The number of benzene rings is 1. The van der Waals surface area contributed by atoms with Crippen molar-refractivity contribution >= 4 is 22.6 Å². The topological polar surface area (TPSA) is 54.7 Å². The van der Waals surface area contributed by atoms with Crippen molar-refractivity contribution in [2.24, 2.45) is 5.73 Å². The number of rotatable bonds is 3. The number of aryl methyl sites for hydroxylation is 2. The van der Waals surface area contributed by atoms with Crippen LogP contribution in [-0.4, -0.2) is 16.5 Å². The van der Waals surface area contributed by atoms with Gasteiger partial charge < -0.3 is 10.7 Å². The second kappa shape index (κ2) is 4.21. The van der Waals surface area contributed by atoms with Crippen molar-refractivity contribution in [3.8, 4) is 0 Å². The van der Waals surface area contributed by atoms with Crippen molar-refractivity contribution in [1.82, 2.24) is 9.97 Å². The highest BCUT2D eigenvalue weighted by Gasteiger charge is 2.06. The molecule has 0 unspecified atom stereocenters. The number of aromatic amines is 1. The molecule has 1 aromatic carbocycles. The third kappa shape index (κ3) is 2.13. The molecule has 0 aliphatic rings. The van der Waals surface area contributed by atoms with E-state index in [4.69, 9.17) is 17.3 Å². The Bertz CT molecular complexity index is 476. The van der Waals surface area contributed by atoms with Crippen LogP contribution in [0, 0.1) is 6.92 Å². The molecule has 1 heterocycles. The van der Waals surface area contributed by atoms with Crippen molar-refractivity contribution in [1.29, 1.82) is 0 Å². The van der Waals surface area contributed by atoms with E-state index in [-0.39, 0.29) is 0 Å². The molecule has 0 spiro atoms. The fraction of sp³-hybridized carbons (Fsp3) is 0.364. The maximum Gasteiger partial charge on any atom is 0.107 e. The van der Waals surface area contributed by atoms with E-state index in [9.17, 15) is 0 Å². The van der Waals surface area contributed by atoms with Crippen LogP contribution in [0.2, 0.25) is 5.02 Å². The summed E-state index contributed by atoms with van der Waals surface area (Å²) in [4.78, 5) is 7.71. The fourth-order valence-electron chi connectivity index (χ4n) is 1.65. The number of aromatic nitrogens is 2. The summed E-state index contributed by atoms with van der Waals surface area (Å²) in [5.74, 6) is 0.961. The third-order valence-corrected chi connectivity index (χ3v) is 2.64. The molecule has 1 aromatic heterocycles. The zero-order valence-corrected chi connectivity index (χ0v) is 9.43. The van der Waals surface area contributed by atoms with E-state index in [2.05, 4.69) is 16.0 Å². The van der Waals surface area contributed by atoms with Gasteiger partial charge in [-0.05, 0) is 37.6 Å². The Labute approximate surface area is 93.6 Å². The Morgan fingerprint density at radius 1 is 1.47 bits per heavy atom. The molecule has 0 saturated carbocycles. The van der Waals surface area contributed by atoms with Crippen LogP contribution in [0.4, 0.5) is 0 Å². The molecule has 3 N–H and O–H groups in total. The number of hydrogen-bond donors (Lipinski definition) is 2. The van der Waals surface area contributed by atoms with E-state index < -0.39 is 0 Å². The Hall–Kier alpha value is -1.06. The number of halogens is 1. The second-order valence-corrected chi connectivity index (χ2v) is 4.13. The molecule has 0 aliphatic heterocycles. The monoisotopic (exact) mass is 223 g/mol. The molecule has 0 fully saturated rings. The molecule has 0 bridgehead atoms. The molecule has 0 aliphatic carbocycles. The highest BCUT2D eigenvalue weighted by molar-refractivity contribution is 6.35. The van der Waals surface area contributed by atoms with Gasteiger partial charge in [-0.15, -0.1) is 0 Å². The maximum atomic E-state index is 6.10. The average Bonchev–Trinajstić information content (AvgIpc) is 2.57. The average molecular weight is 224 g/mol. The van der Waals surface area contributed by atoms with Crippen molar-refractivity contribution in [2.75, 3.05) is 6.54 Å². The summed E-state index contributed by atoms with van der Waals surface area (Å²) in [7, 11) is 0. The first-order valence-electron chi connectivity index (χ1n) is 5.05. The number of hydrogen-bond acceptors (Lipinski definition) is 2. The zero-order chi connectivity index (χ0) is 10.8. The van der Waals surface area contributed by atoms with Gasteiger partial charge in [0.1, 0.15) is 11.3 Å². The summed E-state index contributed by atoms with van der Waals surface area (Å²) < 4.78 is 0. The van der Waals surface area contributed by atoms with E-state index >= 15 is 0 Å². The van der Waals surface area contributed by atoms with Crippen molar-refractivity contribution < 1.29 is 0 Å². The van der Waals surface area contributed by atoms with Gasteiger partial charge in [0.05, 0.1) is 10.5 Å². The standard InChI is InChI=1S/C11H14ClN3/c1-7-5-8(12)11-9(6-7)14-10(15-11)3-2-4-13/h5-6H,2-4,13H2,1H3,(H,14,15). The predicted molar refractivity (Wildman–Crippen MR) is 63.2 cm³/mol. The molecular weight excluding hydrogens is 210 g/mol. The lowest BCUT2D eigenvalue weighted by Crippen LogP contribution is -2.01. The van der Waals surface area contributed by atoms with E-state index in [1.165, 1.54) is 0 Å². The van der Waals surface area contributed by atoms with Crippen molar-refractivity contribution in [3.63, 3.8) is 0 Å². The summed E-state index contributed by atoms with van der Waals surface area (Å²) in [6.07, 6.45) is 1.82. The molecule has 80 valence electrons. The van der Waals surface area contributed by atoms with Gasteiger partial charge in [-0.2, -0.15) is 0 Å². The van der Waals surface area contributed by atoms with Crippen LogP contribution < -0.4 is 5.73 Å². The minimum Gasteiger partial charge on any atom is -0.342 e. The lowest BCUT2D eigenvalue weighted by atomic mass is 10.2. The normalized spacial score (nSPS) is 11.1. The number of fused-ring (bicyclic) bond motifs is 1. The third-order valence-electron chi connectivity index (χ3n) is 2.35. The summed E-state index contributed by atoms with van der Waals surface area (Å²) >= 11 is 6.10. The first-order valence-corrected chi connectivity index (χ1v) is 5.43. The first-order chi connectivity index (χ1) is 7.20. The lowest BCUT2D eigenvalue weighted by molar-refractivity contribution is 0.796. The number of nitrogens with one attached hydrogen (secondary N) is 1. The van der Waals surface area contributed by atoms with Gasteiger partial charge in [-0.25, -0.2) is 4.98 Å². The maximum absolute atomic E-state index is 6.10.